The molecule has 0 bridgehead atoms. The van der Waals surface area contributed by atoms with E-state index in [1.54, 1.807) is 23.0 Å². The number of rotatable bonds is 5. The van der Waals surface area contributed by atoms with Gasteiger partial charge in [-0.3, -0.25) is 9.36 Å². The molecule has 5 rings (SSSR count). The third-order valence-corrected chi connectivity index (χ3v) is 5.60. The third kappa shape index (κ3) is 3.53. The van der Waals surface area contributed by atoms with Crippen LogP contribution >= 0.6 is 0 Å². The number of hydrogen-bond acceptors (Lipinski definition) is 3. The molecule has 1 N–H and O–H groups in total. The molecule has 0 unspecified atom stereocenters. The molecule has 1 amide bonds. The molecule has 0 aliphatic carbocycles. The highest BCUT2D eigenvalue weighted by Gasteiger charge is 2.24. The van der Waals surface area contributed by atoms with Crippen molar-refractivity contribution in [2.75, 3.05) is 0 Å². The molecule has 0 atom stereocenters. The second-order valence-electron chi connectivity index (χ2n) is 8.06. The van der Waals surface area contributed by atoms with E-state index in [-0.39, 0.29) is 18.5 Å². The van der Waals surface area contributed by atoms with Crippen LogP contribution in [0.5, 0.6) is 0 Å². The summed E-state index contributed by atoms with van der Waals surface area (Å²) in [6.45, 7) is 4.22. The first-order valence-corrected chi connectivity index (χ1v) is 10.6. The first-order chi connectivity index (χ1) is 16.0. The fourth-order valence-corrected chi connectivity index (χ4v) is 4.21. The number of halogens is 2. The Kier molecular flexibility index (Phi) is 5.12. The van der Waals surface area contributed by atoms with Gasteiger partial charge in [0.05, 0.1) is 16.6 Å². The predicted octanol–water partition coefficient (Wildman–Crippen LogP) is 5.16. The molecule has 3 aromatic heterocycles. The molecule has 0 fully saturated rings. The molecule has 8 heteroatoms. The van der Waals surface area contributed by atoms with Crippen LogP contribution < -0.4 is 5.32 Å². The minimum absolute atomic E-state index is 0.0476. The first kappa shape index (κ1) is 20.8. The smallest absolute Gasteiger partial charge is 0.268 e. The minimum Gasteiger partial charge on any atom is -0.347 e. The lowest BCUT2D eigenvalue weighted by molar-refractivity contribution is 0.0944. The summed E-state index contributed by atoms with van der Waals surface area (Å²) in [5.41, 5.74) is 3.59. The zero-order valence-corrected chi connectivity index (χ0v) is 18.1. The number of hydrogen-bond donors (Lipinski definition) is 1. The molecule has 3 heterocycles. The van der Waals surface area contributed by atoms with E-state index in [9.17, 15) is 13.6 Å². The maximum Gasteiger partial charge on any atom is 0.268 e. The molecule has 0 aliphatic heterocycles. The Morgan fingerprint density at radius 1 is 0.970 bits per heavy atom. The van der Waals surface area contributed by atoms with Crippen molar-refractivity contribution >= 4 is 27.8 Å². The molecule has 5 aromatic rings. The van der Waals surface area contributed by atoms with Crippen molar-refractivity contribution in [1.82, 2.24) is 24.4 Å². The van der Waals surface area contributed by atoms with Crippen LogP contribution in [0.3, 0.4) is 0 Å². The number of benzene rings is 2. The topological polar surface area (TPSA) is 64.7 Å². The third-order valence-electron chi connectivity index (χ3n) is 5.60. The highest BCUT2D eigenvalue weighted by atomic mass is 19.2. The van der Waals surface area contributed by atoms with Gasteiger partial charge in [-0.15, -0.1) is 0 Å². The lowest BCUT2D eigenvalue weighted by Gasteiger charge is -2.11. The van der Waals surface area contributed by atoms with Crippen LogP contribution in [-0.4, -0.2) is 25.0 Å². The van der Waals surface area contributed by atoms with Gasteiger partial charge >= 0.3 is 0 Å². The Morgan fingerprint density at radius 2 is 1.73 bits per heavy atom. The summed E-state index contributed by atoms with van der Waals surface area (Å²) in [5, 5.41) is 3.79. The largest absolute Gasteiger partial charge is 0.347 e. The van der Waals surface area contributed by atoms with E-state index < -0.39 is 11.6 Å². The Balaban J connectivity index is 1.66. The first-order valence-electron chi connectivity index (χ1n) is 10.6. The number of carbonyl (C=O) groups excluding carboxylic acids is 1. The van der Waals surface area contributed by atoms with E-state index in [1.165, 1.54) is 6.07 Å². The van der Waals surface area contributed by atoms with Crippen molar-refractivity contribution in [3.63, 3.8) is 0 Å². The summed E-state index contributed by atoms with van der Waals surface area (Å²) in [4.78, 5) is 22.1. The minimum atomic E-state index is -0.953. The molecular weight excluding hydrogens is 424 g/mol. The van der Waals surface area contributed by atoms with Crippen LogP contribution in [0.25, 0.3) is 27.9 Å². The lowest BCUT2D eigenvalue weighted by Crippen LogP contribution is -2.25. The van der Waals surface area contributed by atoms with Crippen LogP contribution in [0.2, 0.25) is 0 Å². The summed E-state index contributed by atoms with van der Waals surface area (Å²) in [7, 11) is 0. The molecule has 6 nitrogen and oxygen atoms in total. The highest BCUT2D eigenvalue weighted by Crippen LogP contribution is 2.35. The second kappa shape index (κ2) is 8.12. The summed E-state index contributed by atoms with van der Waals surface area (Å²) < 4.78 is 30.7. The van der Waals surface area contributed by atoms with E-state index in [0.29, 0.717) is 17.2 Å². The van der Waals surface area contributed by atoms with Gasteiger partial charge in [0.1, 0.15) is 5.69 Å². The average Bonchev–Trinajstić information content (AvgIpc) is 3.35. The zero-order valence-electron chi connectivity index (χ0n) is 18.1. The number of carbonyl (C=O) groups is 1. The molecule has 2 aromatic carbocycles. The Bertz CT molecular complexity index is 1490. The summed E-state index contributed by atoms with van der Waals surface area (Å²) >= 11 is 0. The monoisotopic (exact) mass is 445 g/mol. The van der Waals surface area contributed by atoms with Gasteiger partial charge in [0.25, 0.3) is 5.91 Å². The van der Waals surface area contributed by atoms with Gasteiger partial charge in [0.15, 0.2) is 11.6 Å². The van der Waals surface area contributed by atoms with E-state index in [1.807, 2.05) is 30.3 Å². The Labute approximate surface area is 188 Å². The van der Waals surface area contributed by atoms with E-state index in [4.69, 9.17) is 0 Å². The van der Waals surface area contributed by atoms with Crippen LogP contribution in [-0.2, 0) is 6.54 Å². The van der Waals surface area contributed by atoms with Crippen LogP contribution in [0.1, 0.15) is 35.9 Å². The molecule has 0 aliphatic rings. The number of aromatic nitrogens is 4. The van der Waals surface area contributed by atoms with Gasteiger partial charge < -0.3 is 9.88 Å². The van der Waals surface area contributed by atoms with Gasteiger partial charge in [-0.1, -0.05) is 24.3 Å². The van der Waals surface area contributed by atoms with Gasteiger partial charge in [0.2, 0.25) is 5.95 Å². The number of amides is 1. The fraction of sp³-hybridized carbons (Fsp3) is 0.160. The molecule has 0 saturated heterocycles. The Hall–Kier alpha value is -4.07. The van der Waals surface area contributed by atoms with Gasteiger partial charge in [-0.25, -0.2) is 18.7 Å². The zero-order chi connectivity index (χ0) is 23.1. The van der Waals surface area contributed by atoms with Crippen molar-refractivity contribution in [1.29, 1.82) is 0 Å². The second-order valence-corrected chi connectivity index (χ2v) is 8.06. The SMILES string of the molecule is CC(C)n1c2ccccc2c2c1cc(C(=O)NCc1ccc(F)c(F)c1)n2-c1ncccn1. The number of nitrogens with zero attached hydrogens (tertiary/aromatic N) is 4. The summed E-state index contributed by atoms with van der Waals surface area (Å²) in [5.74, 6) is -1.88. The van der Waals surface area contributed by atoms with Gasteiger partial charge in [-0.05, 0) is 49.7 Å². The number of fused-ring (bicyclic) bond motifs is 3. The van der Waals surface area contributed by atoms with Crippen LogP contribution in [0, 0.1) is 11.6 Å². The van der Waals surface area contributed by atoms with Crippen molar-refractivity contribution in [2.24, 2.45) is 0 Å². The van der Waals surface area contributed by atoms with Gasteiger partial charge in [-0.2, -0.15) is 0 Å². The van der Waals surface area contributed by atoms with E-state index in [0.717, 1.165) is 34.1 Å². The highest BCUT2D eigenvalue weighted by molar-refractivity contribution is 6.11. The molecular formula is C25H21F2N5O. The number of para-hydroxylation sites is 1. The molecule has 0 saturated carbocycles. The van der Waals surface area contributed by atoms with E-state index >= 15 is 0 Å². The number of nitrogens with one attached hydrogen (secondary N) is 1. The maximum absolute atomic E-state index is 13.6. The fourth-order valence-electron chi connectivity index (χ4n) is 4.21. The average molecular weight is 445 g/mol. The molecule has 0 radical (unpaired) electrons. The quantitative estimate of drug-likeness (QED) is 0.406. The van der Waals surface area contributed by atoms with Crippen molar-refractivity contribution in [3.8, 4) is 5.95 Å². The standard InChI is InChI=1S/C25H21F2N5O/c1-15(2)31-20-7-4-3-6-17(20)23-21(31)13-22(32(23)25-28-10-5-11-29-25)24(33)30-14-16-8-9-18(26)19(27)12-16/h3-13,15H,14H2,1-2H3,(H,30,33). The molecule has 33 heavy (non-hydrogen) atoms. The molecule has 166 valence electrons. The maximum atomic E-state index is 13.6. The predicted molar refractivity (Wildman–Crippen MR) is 122 cm³/mol. The van der Waals surface area contributed by atoms with E-state index in [2.05, 4.69) is 33.7 Å². The van der Waals surface area contributed by atoms with Crippen molar-refractivity contribution in [3.05, 3.63) is 89.9 Å². The van der Waals surface area contributed by atoms with Gasteiger partial charge in [0, 0.05) is 30.4 Å². The van der Waals surface area contributed by atoms with Crippen LogP contribution in [0.15, 0.2) is 67.0 Å². The Morgan fingerprint density at radius 3 is 2.45 bits per heavy atom. The lowest BCUT2D eigenvalue weighted by atomic mass is 10.2. The molecule has 0 spiro atoms. The summed E-state index contributed by atoms with van der Waals surface area (Å²) in [6, 6.07) is 15.3. The van der Waals surface area contributed by atoms with Crippen LogP contribution in [0.4, 0.5) is 8.78 Å². The normalized spacial score (nSPS) is 11.5. The van der Waals surface area contributed by atoms with Crippen molar-refractivity contribution < 1.29 is 13.6 Å². The van der Waals surface area contributed by atoms with Crippen molar-refractivity contribution in [2.45, 2.75) is 26.4 Å². The summed E-state index contributed by atoms with van der Waals surface area (Å²) in [6.07, 6.45) is 3.25.